The lowest BCUT2D eigenvalue weighted by Gasteiger charge is -2.14. The van der Waals surface area contributed by atoms with Gasteiger partial charge in [-0.05, 0) is 31.2 Å². The molecule has 0 aliphatic rings. The number of carbonyl (C=O) groups is 1. The molecule has 22 heavy (non-hydrogen) atoms. The van der Waals surface area contributed by atoms with Crippen molar-refractivity contribution < 1.29 is 14.5 Å². The third-order valence-corrected chi connectivity index (χ3v) is 2.78. The Morgan fingerprint density at radius 3 is 2.27 bits per heavy atom. The summed E-state index contributed by atoms with van der Waals surface area (Å²) < 4.78 is 5.16. The summed E-state index contributed by atoms with van der Waals surface area (Å²) in [7, 11) is 0. The number of nitrogens with one attached hydrogen (secondary N) is 1. The summed E-state index contributed by atoms with van der Waals surface area (Å²) in [5, 5.41) is 13.5. The van der Waals surface area contributed by atoms with Gasteiger partial charge in [0.15, 0.2) is 0 Å². The maximum absolute atomic E-state index is 11.9. The van der Waals surface area contributed by atoms with Crippen molar-refractivity contribution in [3.05, 3.63) is 64.7 Å². The second-order valence-electron chi connectivity index (χ2n) is 4.40. The van der Waals surface area contributed by atoms with E-state index < -0.39 is 16.9 Å². The van der Waals surface area contributed by atoms with Crippen LogP contribution in [0.5, 0.6) is 5.75 Å². The fourth-order valence-corrected chi connectivity index (χ4v) is 1.68. The van der Waals surface area contributed by atoms with Crippen molar-refractivity contribution in [1.82, 2.24) is 0 Å². The van der Waals surface area contributed by atoms with E-state index in [4.69, 9.17) is 4.74 Å². The third-order valence-electron chi connectivity index (χ3n) is 2.78. The smallest absolute Gasteiger partial charge is 0.333 e. The van der Waals surface area contributed by atoms with Crippen molar-refractivity contribution in [2.24, 2.45) is 0 Å². The molecule has 1 atom stereocenters. The van der Waals surface area contributed by atoms with Gasteiger partial charge in [-0.15, -0.1) is 17.0 Å². The predicted molar refractivity (Wildman–Crippen MR) is 88.6 cm³/mol. The van der Waals surface area contributed by atoms with Crippen molar-refractivity contribution in [2.45, 2.75) is 13.0 Å². The molecule has 0 bridgehead atoms. The molecule has 1 unspecified atom stereocenters. The molecule has 7 heteroatoms. The zero-order valence-electron chi connectivity index (χ0n) is 11.8. The number of esters is 1. The van der Waals surface area contributed by atoms with Gasteiger partial charge in [0.25, 0.3) is 5.69 Å². The molecule has 2 aromatic rings. The highest BCUT2D eigenvalue weighted by molar-refractivity contribution is 8.93. The second-order valence-corrected chi connectivity index (χ2v) is 4.40. The van der Waals surface area contributed by atoms with Gasteiger partial charge in [0.1, 0.15) is 11.8 Å². The maximum Gasteiger partial charge on any atom is 0.333 e. The Balaban J connectivity index is 0.00000242. The fourth-order valence-electron chi connectivity index (χ4n) is 1.68. The molecule has 0 heterocycles. The number of halogens is 1. The van der Waals surface area contributed by atoms with Crippen LogP contribution in [-0.2, 0) is 4.79 Å². The highest BCUT2D eigenvalue weighted by atomic mass is 79.9. The van der Waals surface area contributed by atoms with Gasteiger partial charge >= 0.3 is 5.97 Å². The first-order valence-corrected chi connectivity index (χ1v) is 6.34. The van der Waals surface area contributed by atoms with Gasteiger partial charge < -0.3 is 10.1 Å². The number of benzene rings is 2. The van der Waals surface area contributed by atoms with E-state index in [2.05, 4.69) is 5.32 Å². The summed E-state index contributed by atoms with van der Waals surface area (Å²) in [5.74, 6) is -0.194. The van der Waals surface area contributed by atoms with E-state index >= 15 is 0 Å². The summed E-state index contributed by atoms with van der Waals surface area (Å²) in [6.07, 6.45) is 0. The molecule has 0 saturated heterocycles. The number of nitro groups is 1. The van der Waals surface area contributed by atoms with Crippen molar-refractivity contribution in [1.29, 1.82) is 0 Å². The van der Waals surface area contributed by atoms with E-state index in [1.54, 1.807) is 6.92 Å². The summed E-state index contributed by atoms with van der Waals surface area (Å²) >= 11 is 0. The minimum atomic E-state index is -0.539. The van der Waals surface area contributed by atoms with Gasteiger partial charge in [0, 0.05) is 17.8 Å². The van der Waals surface area contributed by atoms with Crippen LogP contribution in [0.15, 0.2) is 54.6 Å². The number of rotatable bonds is 5. The monoisotopic (exact) mass is 366 g/mol. The molecule has 2 aromatic carbocycles. The minimum Gasteiger partial charge on any atom is -0.425 e. The quantitative estimate of drug-likeness (QED) is 0.378. The van der Waals surface area contributed by atoms with Gasteiger partial charge in [0.2, 0.25) is 0 Å². The Morgan fingerprint density at radius 1 is 1.14 bits per heavy atom. The Hall–Kier alpha value is -2.41. The van der Waals surface area contributed by atoms with Gasteiger partial charge in [-0.1, -0.05) is 18.2 Å². The summed E-state index contributed by atoms with van der Waals surface area (Å²) in [4.78, 5) is 21.9. The molecule has 0 fully saturated rings. The van der Waals surface area contributed by atoms with Crippen LogP contribution in [0, 0.1) is 10.1 Å². The molecule has 0 radical (unpaired) electrons. The molecule has 0 aliphatic heterocycles. The Kier molecular flexibility index (Phi) is 6.52. The van der Waals surface area contributed by atoms with Gasteiger partial charge in [-0.3, -0.25) is 10.1 Å². The summed E-state index contributed by atoms with van der Waals surface area (Å²) in [6.45, 7) is 1.68. The third kappa shape index (κ3) is 4.85. The van der Waals surface area contributed by atoms with E-state index in [9.17, 15) is 14.9 Å². The van der Waals surface area contributed by atoms with Crippen LogP contribution in [0.25, 0.3) is 0 Å². The lowest BCUT2D eigenvalue weighted by Crippen LogP contribution is -2.30. The topological polar surface area (TPSA) is 81.5 Å². The number of carbonyl (C=O) groups excluding carboxylic acids is 1. The molecular formula is C15H15BrN2O4. The molecule has 0 aliphatic carbocycles. The largest absolute Gasteiger partial charge is 0.425 e. The van der Waals surface area contributed by atoms with Crippen molar-refractivity contribution in [2.75, 3.05) is 5.32 Å². The maximum atomic E-state index is 11.9. The molecule has 0 saturated carbocycles. The van der Waals surface area contributed by atoms with Crippen molar-refractivity contribution in [3.63, 3.8) is 0 Å². The molecular weight excluding hydrogens is 352 g/mol. The predicted octanol–water partition coefficient (Wildman–Crippen LogP) is 3.58. The lowest BCUT2D eigenvalue weighted by atomic mass is 10.2. The van der Waals surface area contributed by atoms with Gasteiger partial charge in [0.05, 0.1) is 4.92 Å². The van der Waals surface area contributed by atoms with Crippen LogP contribution >= 0.6 is 17.0 Å². The van der Waals surface area contributed by atoms with Crippen LogP contribution in [0.1, 0.15) is 6.92 Å². The van der Waals surface area contributed by atoms with Crippen molar-refractivity contribution in [3.8, 4) is 5.75 Å². The second kappa shape index (κ2) is 8.14. The number of hydrogen-bond donors (Lipinski definition) is 1. The van der Waals surface area contributed by atoms with Crippen LogP contribution in [0.2, 0.25) is 0 Å². The van der Waals surface area contributed by atoms with E-state index in [0.717, 1.165) is 5.69 Å². The van der Waals surface area contributed by atoms with E-state index in [-0.39, 0.29) is 28.4 Å². The van der Waals surface area contributed by atoms with E-state index in [0.29, 0.717) is 0 Å². The van der Waals surface area contributed by atoms with E-state index in [1.807, 2.05) is 30.3 Å². The van der Waals surface area contributed by atoms with Crippen LogP contribution in [0.4, 0.5) is 11.4 Å². The van der Waals surface area contributed by atoms with E-state index in [1.165, 1.54) is 24.3 Å². The SMILES string of the molecule is Br.CC(Nc1ccccc1)C(=O)Oc1ccc([N+](=O)[O-])cc1. The number of ether oxygens (including phenoxy) is 1. The average molecular weight is 367 g/mol. The van der Waals surface area contributed by atoms with Crippen molar-refractivity contribution >= 4 is 34.3 Å². The highest BCUT2D eigenvalue weighted by Crippen LogP contribution is 2.18. The number of nitro benzene ring substituents is 1. The molecule has 2 rings (SSSR count). The molecule has 0 amide bonds. The zero-order valence-corrected chi connectivity index (χ0v) is 13.5. The number of anilines is 1. The first-order chi connectivity index (χ1) is 10.1. The Morgan fingerprint density at radius 2 is 1.73 bits per heavy atom. The first kappa shape index (κ1) is 17.6. The fraction of sp³-hybridized carbons (Fsp3) is 0.133. The minimum absolute atomic E-state index is 0. The number of nitrogens with zero attached hydrogens (tertiary/aromatic N) is 1. The van der Waals surface area contributed by atoms with Crippen LogP contribution in [-0.4, -0.2) is 16.9 Å². The molecule has 0 spiro atoms. The number of non-ortho nitro benzene ring substituents is 1. The molecule has 1 N–H and O–H groups in total. The lowest BCUT2D eigenvalue weighted by molar-refractivity contribution is -0.384. The van der Waals surface area contributed by atoms with Crippen LogP contribution in [0.3, 0.4) is 0 Å². The summed E-state index contributed by atoms with van der Waals surface area (Å²) in [6, 6.07) is 14.1. The number of para-hydroxylation sites is 1. The standard InChI is InChI=1S/C15H14N2O4.BrH/c1-11(16-12-5-3-2-4-6-12)15(18)21-14-9-7-13(8-10-14)17(19)20;/h2-11,16H,1H3;1H. The van der Waals surface area contributed by atoms with Gasteiger partial charge in [-0.25, -0.2) is 4.79 Å². The zero-order chi connectivity index (χ0) is 15.2. The molecule has 0 aromatic heterocycles. The Labute approximate surface area is 138 Å². The highest BCUT2D eigenvalue weighted by Gasteiger charge is 2.15. The molecule has 6 nitrogen and oxygen atoms in total. The normalized spacial score (nSPS) is 11.0. The first-order valence-electron chi connectivity index (χ1n) is 6.34. The summed E-state index contributed by atoms with van der Waals surface area (Å²) in [5.41, 5.74) is 0.760. The van der Waals surface area contributed by atoms with Gasteiger partial charge in [-0.2, -0.15) is 0 Å². The molecule has 116 valence electrons. The number of hydrogen-bond acceptors (Lipinski definition) is 5. The van der Waals surface area contributed by atoms with Crippen LogP contribution < -0.4 is 10.1 Å². The Bertz CT molecular complexity index is 632. The average Bonchev–Trinajstić information content (AvgIpc) is 2.48.